The summed E-state index contributed by atoms with van der Waals surface area (Å²) in [7, 11) is 0. The molecule has 25 heavy (non-hydrogen) atoms. The molecule has 0 aliphatic rings. The molecule has 0 saturated carbocycles. The van der Waals surface area contributed by atoms with Crippen LogP contribution in [0.4, 0.5) is 0 Å². The molecule has 122 valence electrons. The molecule has 2 heterocycles. The van der Waals surface area contributed by atoms with Gasteiger partial charge in [0, 0.05) is 11.8 Å². The SMILES string of the molecule is O=Cc1[nH]ccc1Cc1ccc(-c2ccccc2-c2nn[nH]n2)cc1. The van der Waals surface area contributed by atoms with Crippen LogP contribution < -0.4 is 0 Å². The van der Waals surface area contributed by atoms with Crippen LogP contribution >= 0.6 is 0 Å². The van der Waals surface area contributed by atoms with Gasteiger partial charge in [0.25, 0.3) is 0 Å². The lowest BCUT2D eigenvalue weighted by atomic mass is 9.97. The fourth-order valence-electron chi connectivity index (χ4n) is 2.91. The van der Waals surface area contributed by atoms with Crippen LogP contribution in [0.15, 0.2) is 60.8 Å². The third-order valence-electron chi connectivity index (χ3n) is 4.16. The Morgan fingerprint density at radius 2 is 1.76 bits per heavy atom. The van der Waals surface area contributed by atoms with Crippen molar-refractivity contribution in [3.8, 4) is 22.5 Å². The number of H-pyrrole nitrogens is 2. The number of carbonyl (C=O) groups excluding carboxylic acids is 1. The molecule has 0 radical (unpaired) electrons. The van der Waals surface area contributed by atoms with Crippen LogP contribution in [0.1, 0.15) is 21.6 Å². The minimum atomic E-state index is 0.572. The quantitative estimate of drug-likeness (QED) is 0.550. The van der Waals surface area contributed by atoms with Gasteiger partial charge in [-0.15, -0.1) is 10.2 Å². The van der Waals surface area contributed by atoms with Crippen molar-refractivity contribution in [2.45, 2.75) is 6.42 Å². The highest BCUT2D eigenvalue weighted by atomic mass is 16.1. The molecule has 0 aliphatic heterocycles. The molecule has 2 aromatic heterocycles. The number of hydrogen-bond donors (Lipinski definition) is 2. The molecule has 6 nitrogen and oxygen atoms in total. The van der Waals surface area contributed by atoms with Crippen molar-refractivity contribution in [2.75, 3.05) is 0 Å². The Labute approximate surface area is 143 Å². The van der Waals surface area contributed by atoms with Crippen molar-refractivity contribution in [1.82, 2.24) is 25.6 Å². The summed E-state index contributed by atoms with van der Waals surface area (Å²) < 4.78 is 0. The van der Waals surface area contributed by atoms with Crippen LogP contribution in [0.2, 0.25) is 0 Å². The Morgan fingerprint density at radius 1 is 0.960 bits per heavy atom. The Balaban J connectivity index is 1.64. The number of benzene rings is 2. The molecule has 0 spiro atoms. The van der Waals surface area contributed by atoms with E-state index in [1.165, 1.54) is 0 Å². The number of nitrogens with zero attached hydrogens (tertiary/aromatic N) is 3. The molecule has 2 N–H and O–H groups in total. The first-order valence-corrected chi connectivity index (χ1v) is 7.89. The first kappa shape index (κ1) is 15.0. The zero-order valence-corrected chi connectivity index (χ0v) is 13.3. The fourth-order valence-corrected chi connectivity index (χ4v) is 2.91. The maximum Gasteiger partial charge on any atom is 0.205 e. The lowest BCUT2D eigenvalue weighted by molar-refractivity contribution is 0.111. The van der Waals surface area contributed by atoms with Crippen molar-refractivity contribution in [2.24, 2.45) is 0 Å². The average molecular weight is 329 g/mol. The van der Waals surface area contributed by atoms with E-state index in [0.717, 1.165) is 34.1 Å². The van der Waals surface area contributed by atoms with E-state index in [1.54, 1.807) is 6.20 Å². The lowest BCUT2D eigenvalue weighted by Crippen LogP contribution is -1.92. The zero-order chi connectivity index (χ0) is 17.1. The molecule has 0 amide bonds. The third kappa shape index (κ3) is 2.97. The van der Waals surface area contributed by atoms with Gasteiger partial charge < -0.3 is 4.98 Å². The van der Waals surface area contributed by atoms with Gasteiger partial charge in [-0.1, -0.05) is 48.5 Å². The van der Waals surface area contributed by atoms with E-state index in [4.69, 9.17) is 0 Å². The minimum Gasteiger partial charge on any atom is -0.359 e. The highest BCUT2D eigenvalue weighted by molar-refractivity contribution is 5.80. The molecular weight excluding hydrogens is 314 g/mol. The van der Waals surface area contributed by atoms with Gasteiger partial charge in [0.05, 0.1) is 5.69 Å². The second-order valence-corrected chi connectivity index (χ2v) is 5.69. The number of aromatic nitrogens is 5. The van der Waals surface area contributed by atoms with Crippen molar-refractivity contribution < 1.29 is 4.79 Å². The predicted molar refractivity (Wildman–Crippen MR) is 94.0 cm³/mol. The summed E-state index contributed by atoms with van der Waals surface area (Å²) in [6.07, 6.45) is 3.35. The molecule has 4 rings (SSSR count). The fraction of sp³-hybridized carbons (Fsp3) is 0.0526. The van der Waals surface area contributed by atoms with Crippen LogP contribution in [-0.4, -0.2) is 31.9 Å². The molecular formula is C19H15N5O. The highest BCUT2D eigenvalue weighted by Crippen LogP contribution is 2.30. The topological polar surface area (TPSA) is 87.3 Å². The molecule has 0 saturated heterocycles. The van der Waals surface area contributed by atoms with Gasteiger partial charge in [-0.05, 0) is 40.0 Å². The minimum absolute atomic E-state index is 0.572. The summed E-state index contributed by atoms with van der Waals surface area (Å²) in [6, 6.07) is 18.2. The smallest absolute Gasteiger partial charge is 0.205 e. The number of aldehydes is 1. The van der Waals surface area contributed by atoms with Gasteiger partial charge >= 0.3 is 0 Å². The monoisotopic (exact) mass is 329 g/mol. The largest absolute Gasteiger partial charge is 0.359 e. The zero-order valence-electron chi connectivity index (χ0n) is 13.3. The Bertz CT molecular complexity index is 987. The number of rotatable bonds is 5. The highest BCUT2D eigenvalue weighted by Gasteiger charge is 2.11. The van der Waals surface area contributed by atoms with Crippen molar-refractivity contribution >= 4 is 6.29 Å². The summed E-state index contributed by atoms with van der Waals surface area (Å²) in [5.74, 6) is 0.572. The molecule has 0 bridgehead atoms. The molecule has 0 unspecified atom stereocenters. The van der Waals surface area contributed by atoms with Gasteiger partial charge in [-0.2, -0.15) is 5.21 Å². The van der Waals surface area contributed by atoms with Crippen LogP contribution in [-0.2, 0) is 6.42 Å². The van der Waals surface area contributed by atoms with E-state index in [0.29, 0.717) is 17.9 Å². The number of aromatic amines is 2. The van der Waals surface area contributed by atoms with Crippen molar-refractivity contribution in [3.63, 3.8) is 0 Å². The second-order valence-electron chi connectivity index (χ2n) is 5.69. The van der Waals surface area contributed by atoms with E-state index in [9.17, 15) is 4.79 Å². The van der Waals surface area contributed by atoms with E-state index in [2.05, 4.69) is 49.9 Å². The van der Waals surface area contributed by atoms with Gasteiger partial charge in [0.2, 0.25) is 5.82 Å². The van der Waals surface area contributed by atoms with Gasteiger partial charge in [0.15, 0.2) is 6.29 Å². The van der Waals surface area contributed by atoms with E-state index < -0.39 is 0 Å². The summed E-state index contributed by atoms with van der Waals surface area (Å²) >= 11 is 0. The average Bonchev–Trinajstić information content (AvgIpc) is 3.34. The normalized spacial score (nSPS) is 10.7. The molecule has 2 aromatic carbocycles. The van der Waals surface area contributed by atoms with E-state index >= 15 is 0 Å². The first-order chi connectivity index (χ1) is 12.3. The van der Waals surface area contributed by atoms with Crippen LogP contribution in [0.3, 0.4) is 0 Å². The van der Waals surface area contributed by atoms with Gasteiger partial charge in [-0.3, -0.25) is 4.79 Å². The van der Waals surface area contributed by atoms with Crippen molar-refractivity contribution in [3.05, 3.63) is 77.6 Å². The second kappa shape index (κ2) is 6.52. The van der Waals surface area contributed by atoms with Crippen molar-refractivity contribution in [1.29, 1.82) is 0 Å². The van der Waals surface area contributed by atoms with Gasteiger partial charge in [-0.25, -0.2) is 0 Å². The predicted octanol–water partition coefficient (Wildman–Crippen LogP) is 3.27. The maximum absolute atomic E-state index is 11.0. The number of nitrogens with one attached hydrogen (secondary N) is 2. The first-order valence-electron chi connectivity index (χ1n) is 7.89. The Hall–Kier alpha value is -3.54. The summed E-state index contributed by atoms with van der Waals surface area (Å²) in [5.41, 5.74) is 5.82. The molecule has 0 aliphatic carbocycles. The molecule has 0 atom stereocenters. The van der Waals surface area contributed by atoms with E-state index in [1.807, 2.05) is 30.3 Å². The third-order valence-corrected chi connectivity index (χ3v) is 4.16. The maximum atomic E-state index is 11.0. The summed E-state index contributed by atoms with van der Waals surface area (Å²) in [5, 5.41) is 14.3. The van der Waals surface area contributed by atoms with Crippen LogP contribution in [0, 0.1) is 0 Å². The Morgan fingerprint density at radius 3 is 2.48 bits per heavy atom. The lowest BCUT2D eigenvalue weighted by Gasteiger charge is -2.08. The molecule has 0 fully saturated rings. The summed E-state index contributed by atoms with van der Waals surface area (Å²) in [4.78, 5) is 14.0. The summed E-state index contributed by atoms with van der Waals surface area (Å²) in [6.45, 7) is 0. The van der Waals surface area contributed by atoms with Crippen LogP contribution in [0.5, 0.6) is 0 Å². The number of carbonyl (C=O) groups is 1. The Kier molecular flexibility index (Phi) is 3.92. The van der Waals surface area contributed by atoms with Gasteiger partial charge in [0.1, 0.15) is 0 Å². The number of tetrazole rings is 1. The molecule has 6 heteroatoms. The standard InChI is InChI=1S/C19H15N5O/c25-12-18-15(9-10-20-18)11-13-5-7-14(8-6-13)16-3-1-2-4-17(16)19-21-23-24-22-19/h1-10,12,20H,11H2,(H,21,22,23,24). The molecule has 4 aromatic rings. The van der Waals surface area contributed by atoms with E-state index in [-0.39, 0.29) is 0 Å². The number of hydrogen-bond acceptors (Lipinski definition) is 4. The van der Waals surface area contributed by atoms with Crippen LogP contribution in [0.25, 0.3) is 22.5 Å².